The van der Waals surface area contributed by atoms with Crippen molar-refractivity contribution in [3.05, 3.63) is 34.3 Å². The van der Waals surface area contributed by atoms with Crippen molar-refractivity contribution in [1.29, 1.82) is 0 Å². The monoisotopic (exact) mass is 241 g/mol. The standard InChI is InChI=1S/C9H8ClF4N/c10-5-1-2-6(8(15)4-11)7(3-5)9(12,13)14/h1-3,8H,4,15H2/t8-/m1/s1. The third-order valence-electron chi connectivity index (χ3n) is 1.89. The molecular formula is C9H8ClF4N. The van der Waals surface area contributed by atoms with Gasteiger partial charge in [0, 0.05) is 5.02 Å². The lowest BCUT2D eigenvalue weighted by Gasteiger charge is -2.16. The average molecular weight is 242 g/mol. The molecule has 0 unspecified atom stereocenters. The van der Waals surface area contributed by atoms with E-state index in [2.05, 4.69) is 0 Å². The van der Waals surface area contributed by atoms with Crippen LogP contribution in [0.25, 0.3) is 0 Å². The summed E-state index contributed by atoms with van der Waals surface area (Å²) in [5.41, 5.74) is 3.95. The Labute approximate surface area is 88.8 Å². The SMILES string of the molecule is N[C@H](CF)c1ccc(Cl)cc1C(F)(F)F. The Hall–Kier alpha value is -0.810. The van der Waals surface area contributed by atoms with Gasteiger partial charge in [0.25, 0.3) is 0 Å². The molecule has 0 heterocycles. The maximum absolute atomic E-state index is 12.5. The molecule has 0 aliphatic heterocycles. The minimum atomic E-state index is -4.58. The Balaban J connectivity index is 3.27. The molecule has 1 rings (SSSR count). The van der Waals surface area contributed by atoms with Gasteiger partial charge >= 0.3 is 6.18 Å². The summed E-state index contributed by atoms with van der Waals surface area (Å²) < 4.78 is 49.7. The first kappa shape index (κ1) is 12.3. The van der Waals surface area contributed by atoms with Crippen LogP contribution in [0.4, 0.5) is 17.6 Å². The first-order valence-electron chi connectivity index (χ1n) is 4.04. The zero-order chi connectivity index (χ0) is 11.6. The predicted molar refractivity (Wildman–Crippen MR) is 49.4 cm³/mol. The maximum atomic E-state index is 12.5. The molecular weight excluding hydrogens is 234 g/mol. The topological polar surface area (TPSA) is 26.0 Å². The number of hydrogen-bond acceptors (Lipinski definition) is 1. The molecule has 1 aromatic rings. The van der Waals surface area contributed by atoms with Crippen LogP contribution in [-0.4, -0.2) is 6.67 Å². The van der Waals surface area contributed by atoms with Crippen molar-refractivity contribution in [3.63, 3.8) is 0 Å². The quantitative estimate of drug-likeness (QED) is 0.790. The van der Waals surface area contributed by atoms with Gasteiger partial charge in [-0.05, 0) is 17.7 Å². The summed E-state index contributed by atoms with van der Waals surface area (Å²) in [6, 6.07) is 1.81. The number of rotatable bonds is 2. The van der Waals surface area contributed by atoms with E-state index in [1.54, 1.807) is 0 Å². The number of benzene rings is 1. The van der Waals surface area contributed by atoms with Crippen LogP contribution in [0, 0.1) is 0 Å². The summed E-state index contributed by atoms with van der Waals surface area (Å²) >= 11 is 5.44. The van der Waals surface area contributed by atoms with Crippen LogP contribution in [0.5, 0.6) is 0 Å². The van der Waals surface area contributed by atoms with Gasteiger partial charge < -0.3 is 5.73 Å². The number of halogens is 5. The Kier molecular flexibility index (Phi) is 3.57. The molecule has 2 N–H and O–H groups in total. The van der Waals surface area contributed by atoms with Crippen LogP contribution in [0.1, 0.15) is 17.2 Å². The third kappa shape index (κ3) is 2.82. The molecule has 6 heteroatoms. The molecule has 1 aromatic carbocycles. The molecule has 84 valence electrons. The third-order valence-corrected chi connectivity index (χ3v) is 2.12. The molecule has 0 radical (unpaired) electrons. The van der Waals surface area contributed by atoms with E-state index in [0.717, 1.165) is 12.1 Å². The highest BCUT2D eigenvalue weighted by atomic mass is 35.5. The molecule has 0 spiro atoms. The van der Waals surface area contributed by atoms with Crippen molar-refractivity contribution >= 4 is 11.6 Å². The largest absolute Gasteiger partial charge is 0.416 e. The molecule has 0 saturated heterocycles. The van der Waals surface area contributed by atoms with Crippen molar-refractivity contribution in [2.45, 2.75) is 12.2 Å². The zero-order valence-corrected chi connectivity index (χ0v) is 8.24. The fourth-order valence-electron chi connectivity index (χ4n) is 1.18. The second-order valence-electron chi connectivity index (χ2n) is 2.99. The Morgan fingerprint density at radius 3 is 2.40 bits per heavy atom. The Morgan fingerprint density at radius 2 is 1.93 bits per heavy atom. The Bertz CT molecular complexity index is 350. The predicted octanol–water partition coefficient (Wildman–Crippen LogP) is 3.33. The maximum Gasteiger partial charge on any atom is 0.416 e. The molecule has 0 saturated carbocycles. The van der Waals surface area contributed by atoms with Crippen molar-refractivity contribution in [2.75, 3.05) is 6.67 Å². The van der Waals surface area contributed by atoms with Crippen LogP contribution in [0.2, 0.25) is 5.02 Å². The van der Waals surface area contributed by atoms with Gasteiger partial charge in [-0.3, -0.25) is 0 Å². The van der Waals surface area contributed by atoms with Gasteiger partial charge in [-0.1, -0.05) is 17.7 Å². The minimum Gasteiger partial charge on any atom is -0.322 e. The lowest BCUT2D eigenvalue weighted by Crippen LogP contribution is -2.18. The van der Waals surface area contributed by atoms with E-state index in [-0.39, 0.29) is 10.6 Å². The minimum absolute atomic E-state index is 0.0582. The second-order valence-corrected chi connectivity index (χ2v) is 3.43. The summed E-state index contributed by atoms with van der Waals surface area (Å²) in [7, 11) is 0. The van der Waals surface area contributed by atoms with Gasteiger partial charge in [0.05, 0.1) is 11.6 Å². The van der Waals surface area contributed by atoms with E-state index < -0.39 is 24.5 Å². The fourth-order valence-corrected chi connectivity index (χ4v) is 1.35. The fraction of sp³-hybridized carbons (Fsp3) is 0.333. The van der Waals surface area contributed by atoms with Crippen LogP contribution in [0.3, 0.4) is 0 Å². The van der Waals surface area contributed by atoms with E-state index in [1.165, 1.54) is 6.07 Å². The van der Waals surface area contributed by atoms with E-state index in [4.69, 9.17) is 17.3 Å². The smallest absolute Gasteiger partial charge is 0.322 e. The molecule has 0 fully saturated rings. The van der Waals surface area contributed by atoms with Gasteiger partial charge in [0.2, 0.25) is 0 Å². The van der Waals surface area contributed by atoms with Gasteiger partial charge in [0.1, 0.15) is 6.67 Å². The molecule has 1 nitrogen and oxygen atoms in total. The van der Waals surface area contributed by atoms with E-state index in [0.29, 0.717) is 0 Å². The summed E-state index contributed by atoms with van der Waals surface area (Å²) in [5.74, 6) is 0. The second kappa shape index (κ2) is 4.37. The van der Waals surface area contributed by atoms with Gasteiger partial charge in [0.15, 0.2) is 0 Å². The summed E-state index contributed by atoms with van der Waals surface area (Å²) in [4.78, 5) is 0. The normalized spacial score (nSPS) is 14.0. The highest BCUT2D eigenvalue weighted by Crippen LogP contribution is 2.35. The molecule has 15 heavy (non-hydrogen) atoms. The molecule has 0 aliphatic carbocycles. The Morgan fingerprint density at radius 1 is 1.33 bits per heavy atom. The highest BCUT2D eigenvalue weighted by molar-refractivity contribution is 6.30. The lowest BCUT2D eigenvalue weighted by atomic mass is 10.0. The number of nitrogens with two attached hydrogens (primary N) is 1. The van der Waals surface area contributed by atoms with Gasteiger partial charge in [-0.2, -0.15) is 13.2 Å². The van der Waals surface area contributed by atoms with Crippen LogP contribution in [0.15, 0.2) is 18.2 Å². The van der Waals surface area contributed by atoms with Crippen molar-refractivity contribution in [1.82, 2.24) is 0 Å². The zero-order valence-electron chi connectivity index (χ0n) is 7.48. The van der Waals surface area contributed by atoms with Crippen LogP contribution < -0.4 is 5.73 Å². The molecule has 0 amide bonds. The van der Waals surface area contributed by atoms with Gasteiger partial charge in [-0.25, -0.2) is 4.39 Å². The molecule has 0 aromatic heterocycles. The summed E-state index contributed by atoms with van der Waals surface area (Å²) in [6.45, 7) is -1.05. The summed E-state index contributed by atoms with van der Waals surface area (Å²) in [6.07, 6.45) is -4.58. The number of alkyl halides is 4. The number of hydrogen-bond donors (Lipinski definition) is 1. The molecule has 1 atom stereocenters. The van der Waals surface area contributed by atoms with Crippen molar-refractivity contribution in [2.24, 2.45) is 5.73 Å². The van der Waals surface area contributed by atoms with Crippen molar-refractivity contribution < 1.29 is 17.6 Å². The van der Waals surface area contributed by atoms with Crippen LogP contribution >= 0.6 is 11.6 Å². The molecule has 0 bridgehead atoms. The van der Waals surface area contributed by atoms with Crippen LogP contribution in [-0.2, 0) is 6.18 Å². The van der Waals surface area contributed by atoms with E-state index >= 15 is 0 Å². The molecule has 0 aliphatic rings. The van der Waals surface area contributed by atoms with Crippen molar-refractivity contribution in [3.8, 4) is 0 Å². The lowest BCUT2D eigenvalue weighted by molar-refractivity contribution is -0.138. The first-order chi connectivity index (χ1) is 6.86. The van der Waals surface area contributed by atoms with E-state index in [9.17, 15) is 17.6 Å². The highest BCUT2D eigenvalue weighted by Gasteiger charge is 2.34. The van der Waals surface area contributed by atoms with E-state index in [1.807, 2.05) is 0 Å². The first-order valence-corrected chi connectivity index (χ1v) is 4.42. The van der Waals surface area contributed by atoms with Gasteiger partial charge in [-0.15, -0.1) is 0 Å². The average Bonchev–Trinajstić information content (AvgIpc) is 2.15. The summed E-state index contributed by atoms with van der Waals surface area (Å²) in [5, 5.41) is -0.0582.